The van der Waals surface area contributed by atoms with Gasteiger partial charge in [0.15, 0.2) is 5.76 Å². The molecule has 1 N–H and O–H groups in total. The van der Waals surface area contributed by atoms with Crippen molar-refractivity contribution >= 4 is 23.2 Å². The molecule has 0 saturated carbocycles. The van der Waals surface area contributed by atoms with Crippen molar-refractivity contribution < 1.29 is 27.2 Å². The van der Waals surface area contributed by atoms with Gasteiger partial charge in [0.25, 0.3) is 11.8 Å². The van der Waals surface area contributed by atoms with Crippen LogP contribution in [-0.4, -0.2) is 18.4 Å². The van der Waals surface area contributed by atoms with Gasteiger partial charge in [-0.1, -0.05) is 6.07 Å². The second-order valence-corrected chi connectivity index (χ2v) is 6.91. The van der Waals surface area contributed by atoms with Gasteiger partial charge in [-0.3, -0.25) is 9.59 Å². The zero-order valence-electron chi connectivity index (χ0n) is 15.7. The maximum absolute atomic E-state index is 12.9. The molecule has 0 atom stereocenters. The highest BCUT2D eigenvalue weighted by Crippen LogP contribution is 2.32. The molecular weight excluding hydrogens is 397 g/mol. The molecule has 0 spiro atoms. The van der Waals surface area contributed by atoms with E-state index >= 15 is 0 Å². The summed E-state index contributed by atoms with van der Waals surface area (Å²) >= 11 is 0. The molecule has 2 heterocycles. The van der Waals surface area contributed by atoms with E-state index in [-0.39, 0.29) is 17.2 Å². The minimum absolute atomic E-state index is 0.0860. The highest BCUT2D eigenvalue weighted by Gasteiger charge is 2.31. The number of benzene rings is 2. The van der Waals surface area contributed by atoms with E-state index in [1.54, 1.807) is 35.2 Å². The number of alkyl halides is 3. The Balaban J connectivity index is 1.55. The topological polar surface area (TPSA) is 62.6 Å². The van der Waals surface area contributed by atoms with Crippen molar-refractivity contribution in [3.05, 3.63) is 83.3 Å². The Morgan fingerprint density at radius 2 is 1.87 bits per heavy atom. The van der Waals surface area contributed by atoms with Crippen LogP contribution in [0.1, 0.15) is 38.5 Å². The summed E-state index contributed by atoms with van der Waals surface area (Å²) in [5.74, 6) is -0.646. The summed E-state index contributed by atoms with van der Waals surface area (Å²) in [6, 6.07) is 12.6. The van der Waals surface area contributed by atoms with Gasteiger partial charge in [-0.05, 0) is 66.9 Å². The number of fused-ring (bicyclic) bond motifs is 1. The van der Waals surface area contributed by atoms with Gasteiger partial charge < -0.3 is 14.6 Å². The molecule has 4 rings (SSSR count). The minimum Gasteiger partial charge on any atom is -0.459 e. The Morgan fingerprint density at radius 1 is 1.03 bits per heavy atom. The van der Waals surface area contributed by atoms with Crippen molar-refractivity contribution in [1.29, 1.82) is 0 Å². The average molecular weight is 414 g/mol. The molecule has 0 unspecified atom stereocenters. The molecule has 8 heteroatoms. The monoisotopic (exact) mass is 414 g/mol. The molecule has 0 bridgehead atoms. The first-order valence-corrected chi connectivity index (χ1v) is 9.30. The molecule has 2 aromatic carbocycles. The van der Waals surface area contributed by atoms with Gasteiger partial charge in [0.05, 0.1) is 11.8 Å². The normalized spacial score (nSPS) is 13.6. The predicted molar refractivity (Wildman–Crippen MR) is 105 cm³/mol. The zero-order valence-corrected chi connectivity index (χ0v) is 15.7. The molecule has 0 radical (unpaired) electrons. The number of halogens is 3. The Labute approximate surface area is 170 Å². The molecule has 3 aromatic rings. The number of amides is 2. The molecule has 0 fully saturated rings. The van der Waals surface area contributed by atoms with Crippen LogP contribution in [0.4, 0.5) is 24.5 Å². The van der Waals surface area contributed by atoms with E-state index in [1.807, 2.05) is 0 Å². The van der Waals surface area contributed by atoms with Crippen LogP contribution in [0, 0.1) is 0 Å². The van der Waals surface area contributed by atoms with Crippen molar-refractivity contribution in [2.75, 3.05) is 16.8 Å². The highest BCUT2D eigenvalue weighted by molar-refractivity contribution is 6.06. The van der Waals surface area contributed by atoms with Gasteiger partial charge in [0.2, 0.25) is 0 Å². The van der Waals surface area contributed by atoms with E-state index in [1.165, 1.54) is 18.4 Å². The van der Waals surface area contributed by atoms with Crippen molar-refractivity contribution in [3.63, 3.8) is 0 Å². The van der Waals surface area contributed by atoms with Gasteiger partial charge in [0, 0.05) is 23.5 Å². The van der Waals surface area contributed by atoms with Gasteiger partial charge in [-0.15, -0.1) is 0 Å². The molecule has 30 heavy (non-hydrogen) atoms. The van der Waals surface area contributed by atoms with Gasteiger partial charge in [-0.2, -0.15) is 13.2 Å². The molecule has 1 aromatic heterocycles. The van der Waals surface area contributed by atoms with Gasteiger partial charge in [0.1, 0.15) is 0 Å². The quantitative estimate of drug-likeness (QED) is 0.645. The van der Waals surface area contributed by atoms with E-state index in [2.05, 4.69) is 5.32 Å². The third-order valence-electron chi connectivity index (χ3n) is 4.89. The third-order valence-corrected chi connectivity index (χ3v) is 4.89. The van der Waals surface area contributed by atoms with Crippen molar-refractivity contribution in [1.82, 2.24) is 0 Å². The Bertz CT molecular complexity index is 1090. The van der Waals surface area contributed by atoms with Crippen LogP contribution in [0.2, 0.25) is 0 Å². The zero-order chi connectivity index (χ0) is 21.3. The van der Waals surface area contributed by atoms with Crippen LogP contribution in [0.25, 0.3) is 0 Å². The van der Waals surface area contributed by atoms with E-state index in [9.17, 15) is 22.8 Å². The Hall–Kier alpha value is -3.55. The second kappa shape index (κ2) is 7.70. The maximum Gasteiger partial charge on any atom is 0.416 e. The van der Waals surface area contributed by atoms with Crippen LogP contribution in [-0.2, 0) is 12.6 Å². The molecule has 5 nitrogen and oxygen atoms in total. The SMILES string of the molecule is O=C(Nc1ccc2c(c1)CCCN2C(=O)c1ccco1)c1cccc(C(F)(F)F)c1. The van der Waals surface area contributed by atoms with Gasteiger partial charge >= 0.3 is 6.18 Å². The number of furan rings is 1. The number of carbonyl (C=O) groups is 2. The number of rotatable bonds is 3. The summed E-state index contributed by atoms with van der Waals surface area (Å²) in [4.78, 5) is 26.7. The van der Waals surface area contributed by atoms with Crippen LogP contribution in [0.3, 0.4) is 0 Å². The van der Waals surface area contributed by atoms with E-state index in [0.29, 0.717) is 18.7 Å². The molecule has 1 aliphatic rings. The van der Waals surface area contributed by atoms with Crippen LogP contribution >= 0.6 is 0 Å². The van der Waals surface area contributed by atoms with E-state index < -0.39 is 17.6 Å². The lowest BCUT2D eigenvalue weighted by atomic mass is 10.0. The first-order valence-electron chi connectivity index (χ1n) is 9.30. The lowest BCUT2D eigenvalue weighted by Crippen LogP contribution is -2.35. The number of aryl methyl sites for hydroxylation is 1. The van der Waals surface area contributed by atoms with Crippen molar-refractivity contribution in [2.45, 2.75) is 19.0 Å². The fraction of sp³-hybridized carbons (Fsp3) is 0.182. The second-order valence-electron chi connectivity index (χ2n) is 6.91. The largest absolute Gasteiger partial charge is 0.459 e. The number of hydrogen-bond acceptors (Lipinski definition) is 3. The molecule has 1 aliphatic heterocycles. The van der Waals surface area contributed by atoms with Crippen LogP contribution in [0.15, 0.2) is 65.3 Å². The minimum atomic E-state index is -4.52. The summed E-state index contributed by atoms with van der Waals surface area (Å²) in [5, 5.41) is 2.63. The van der Waals surface area contributed by atoms with Crippen molar-refractivity contribution in [2.24, 2.45) is 0 Å². The molecule has 0 aliphatic carbocycles. The van der Waals surface area contributed by atoms with E-state index in [4.69, 9.17) is 4.42 Å². The maximum atomic E-state index is 12.9. The van der Waals surface area contributed by atoms with Crippen molar-refractivity contribution in [3.8, 4) is 0 Å². The fourth-order valence-corrected chi connectivity index (χ4v) is 3.46. The summed E-state index contributed by atoms with van der Waals surface area (Å²) in [5.41, 5.74) is 1.07. The lowest BCUT2D eigenvalue weighted by Gasteiger charge is -2.29. The number of nitrogens with one attached hydrogen (secondary N) is 1. The Kier molecular flexibility index (Phi) is 5.07. The average Bonchev–Trinajstić information content (AvgIpc) is 3.27. The van der Waals surface area contributed by atoms with Crippen LogP contribution in [0.5, 0.6) is 0 Å². The van der Waals surface area contributed by atoms with Crippen LogP contribution < -0.4 is 10.2 Å². The molecule has 2 amide bonds. The molecule has 154 valence electrons. The first kappa shape index (κ1) is 19.8. The lowest BCUT2D eigenvalue weighted by molar-refractivity contribution is -0.137. The number of nitrogens with zero attached hydrogens (tertiary/aromatic N) is 1. The molecular formula is C22H17F3N2O3. The number of anilines is 2. The van der Waals surface area contributed by atoms with E-state index in [0.717, 1.165) is 29.8 Å². The summed E-state index contributed by atoms with van der Waals surface area (Å²) in [6.45, 7) is 0.544. The summed E-state index contributed by atoms with van der Waals surface area (Å²) in [6.07, 6.45) is -1.63. The number of carbonyl (C=O) groups excluding carboxylic acids is 2. The highest BCUT2D eigenvalue weighted by atomic mass is 19.4. The standard InChI is InChI=1S/C22H17F3N2O3/c23-22(24,25)16-6-1-4-15(12-16)20(28)26-17-8-9-18-14(13-17)5-2-10-27(18)21(29)19-7-3-11-30-19/h1,3-4,6-9,11-13H,2,5,10H2,(H,26,28). The summed E-state index contributed by atoms with van der Waals surface area (Å²) < 4.78 is 43.8. The third kappa shape index (κ3) is 3.94. The van der Waals surface area contributed by atoms with Gasteiger partial charge in [-0.25, -0.2) is 0 Å². The first-order chi connectivity index (χ1) is 14.3. The fourth-order valence-electron chi connectivity index (χ4n) is 3.46. The smallest absolute Gasteiger partial charge is 0.416 e. The Morgan fingerprint density at radius 3 is 2.60 bits per heavy atom. The number of hydrogen-bond donors (Lipinski definition) is 1. The predicted octanol–water partition coefficient (Wildman–Crippen LogP) is 5.14. The summed E-state index contributed by atoms with van der Waals surface area (Å²) in [7, 11) is 0. The molecule has 0 saturated heterocycles.